The number of anilines is 1. The predicted octanol–water partition coefficient (Wildman–Crippen LogP) is 2.28. The number of amides is 1. The van der Waals surface area contributed by atoms with E-state index in [1.54, 1.807) is 18.2 Å². The van der Waals surface area contributed by atoms with E-state index in [1.165, 1.54) is 0 Å². The highest BCUT2D eigenvalue weighted by Gasteiger charge is 2.15. The molecule has 1 atom stereocenters. The van der Waals surface area contributed by atoms with Gasteiger partial charge in [-0.15, -0.1) is 12.3 Å². The van der Waals surface area contributed by atoms with Crippen molar-refractivity contribution in [1.82, 2.24) is 0 Å². The van der Waals surface area contributed by atoms with Crippen LogP contribution in [0.4, 0.5) is 5.69 Å². The monoisotopic (exact) mass is 256 g/mol. The van der Waals surface area contributed by atoms with Crippen molar-refractivity contribution in [2.75, 3.05) is 5.32 Å². The summed E-state index contributed by atoms with van der Waals surface area (Å²) in [6.07, 6.45) is 5.22. The minimum Gasteiger partial charge on any atom is -0.322 e. The lowest BCUT2D eigenvalue weighted by Crippen LogP contribution is -2.35. The number of hydrogen-bond donors (Lipinski definition) is 2. The first-order valence-electron chi connectivity index (χ1n) is 4.50. The summed E-state index contributed by atoms with van der Waals surface area (Å²) in [4.78, 5) is 11.6. The molecule has 1 aromatic carbocycles. The van der Waals surface area contributed by atoms with Crippen LogP contribution < -0.4 is 11.1 Å². The van der Waals surface area contributed by atoms with Crippen LogP contribution in [-0.4, -0.2) is 11.9 Å². The molecule has 0 radical (unpaired) electrons. The molecule has 16 heavy (non-hydrogen) atoms. The van der Waals surface area contributed by atoms with E-state index in [4.69, 9.17) is 35.4 Å². The number of terminal acetylenes is 1. The standard InChI is InChI=1S/C11H10Cl2N2O/c1-2-4-9(14)11(16)15-10-7(12)5-3-6-8(10)13/h1,3,5-6,9H,4,14H2,(H,15,16). The molecule has 0 bridgehead atoms. The number of carbonyl (C=O) groups is 1. The Labute approximate surface area is 104 Å². The van der Waals surface area contributed by atoms with Crippen LogP contribution >= 0.6 is 23.2 Å². The number of benzene rings is 1. The van der Waals surface area contributed by atoms with Gasteiger partial charge in [-0.1, -0.05) is 29.3 Å². The number of halogens is 2. The Kier molecular flexibility index (Phi) is 4.63. The molecule has 0 saturated heterocycles. The van der Waals surface area contributed by atoms with Crippen LogP contribution in [0, 0.1) is 12.3 Å². The van der Waals surface area contributed by atoms with Crippen molar-refractivity contribution in [3.63, 3.8) is 0 Å². The lowest BCUT2D eigenvalue weighted by Gasteiger charge is -2.12. The third-order valence-corrected chi connectivity index (χ3v) is 2.52. The summed E-state index contributed by atoms with van der Waals surface area (Å²) in [5.74, 6) is 1.90. The second kappa shape index (κ2) is 5.76. The smallest absolute Gasteiger partial charge is 0.242 e. The molecule has 1 rings (SSSR count). The fourth-order valence-electron chi connectivity index (χ4n) is 1.05. The summed E-state index contributed by atoms with van der Waals surface area (Å²) in [5, 5.41) is 3.25. The topological polar surface area (TPSA) is 55.1 Å². The van der Waals surface area contributed by atoms with Crippen molar-refractivity contribution in [3.8, 4) is 12.3 Å². The highest BCUT2D eigenvalue weighted by atomic mass is 35.5. The maximum Gasteiger partial charge on any atom is 0.242 e. The van der Waals surface area contributed by atoms with E-state index in [2.05, 4.69) is 11.2 Å². The van der Waals surface area contributed by atoms with E-state index in [9.17, 15) is 4.79 Å². The number of nitrogens with two attached hydrogens (primary N) is 1. The summed E-state index contributed by atoms with van der Waals surface area (Å²) in [6, 6.07) is 4.16. The van der Waals surface area contributed by atoms with Crippen molar-refractivity contribution in [1.29, 1.82) is 0 Å². The van der Waals surface area contributed by atoms with E-state index >= 15 is 0 Å². The fraction of sp³-hybridized carbons (Fsp3) is 0.182. The Morgan fingerprint density at radius 2 is 2.06 bits per heavy atom. The summed E-state index contributed by atoms with van der Waals surface area (Å²) >= 11 is 11.8. The molecule has 5 heteroatoms. The first-order chi connectivity index (χ1) is 7.56. The molecule has 1 aromatic rings. The number of carbonyl (C=O) groups excluding carboxylic acids is 1. The van der Waals surface area contributed by atoms with Gasteiger partial charge in [0.2, 0.25) is 5.91 Å². The molecule has 3 nitrogen and oxygen atoms in total. The number of rotatable bonds is 3. The van der Waals surface area contributed by atoms with E-state index in [0.717, 1.165) is 0 Å². The van der Waals surface area contributed by atoms with Gasteiger partial charge in [0.25, 0.3) is 0 Å². The van der Waals surface area contributed by atoms with Gasteiger partial charge in [-0.05, 0) is 12.1 Å². The molecule has 1 unspecified atom stereocenters. The summed E-state index contributed by atoms with van der Waals surface area (Å²) < 4.78 is 0. The molecule has 1 amide bonds. The van der Waals surface area contributed by atoms with Crippen LogP contribution in [0.3, 0.4) is 0 Å². The molecule has 0 aromatic heterocycles. The molecule has 3 N–H and O–H groups in total. The molecule has 84 valence electrons. The van der Waals surface area contributed by atoms with E-state index in [1.807, 2.05) is 0 Å². The van der Waals surface area contributed by atoms with E-state index < -0.39 is 11.9 Å². The Hall–Kier alpha value is -1.21. The fourth-order valence-corrected chi connectivity index (χ4v) is 1.54. The van der Waals surface area contributed by atoms with Crippen LogP contribution in [0.2, 0.25) is 10.0 Å². The van der Waals surface area contributed by atoms with Gasteiger partial charge < -0.3 is 11.1 Å². The van der Waals surface area contributed by atoms with Gasteiger partial charge >= 0.3 is 0 Å². The van der Waals surface area contributed by atoms with Crippen molar-refractivity contribution >= 4 is 34.8 Å². The number of hydrogen-bond acceptors (Lipinski definition) is 2. The van der Waals surface area contributed by atoms with Crippen molar-refractivity contribution in [3.05, 3.63) is 28.2 Å². The zero-order valence-corrected chi connectivity index (χ0v) is 9.85. The summed E-state index contributed by atoms with van der Waals surface area (Å²) in [7, 11) is 0. The lowest BCUT2D eigenvalue weighted by molar-refractivity contribution is -0.117. The van der Waals surface area contributed by atoms with Gasteiger partial charge in [0.05, 0.1) is 21.8 Å². The zero-order valence-electron chi connectivity index (χ0n) is 8.34. The quantitative estimate of drug-likeness (QED) is 0.816. The SMILES string of the molecule is C#CCC(N)C(=O)Nc1c(Cl)cccc1Cl. The van der Waals surface area contributed by atoms with Crippen molar-refractivity contribution in [2.24, 2.45) is 5.73 Å². The average Bonchev–Trinajstić information content (AvgIpc) is 2.23. The van der Waals surface area contributed by atoms with Crippen molar-refractivity contribution < 1.29 is 4.79 Å². The normalized spacial score (nSPS) is 11.6. The van der Waals surface area contributed by atoms with Crippen LogP contribution in [0.1, 0.15) is 6.42 Å². The first kappa shape index (κ1) is 12.9. The third-order valence-electron chi connectivity index (χ3n) is 1.89. The van der Waals surface area contributed by atoms with E-state index in [-0.39, 0.29) is 6.42 Å². The van der Waals surface area contributed by atoms with Crippen LogP contribution in [0.5, 0.6) is 0 Å². The lowest BCUT2D eigenvalue weighted by atomic mass is 10.2. The second-order valence-corrected chi connectivity index (χ2v) is 3.92. The van der Waals surface area contributed by atoms with Crippen LogP contribution in [-0.2, 0) is 4.79 Å². The summed E-state index contributed by atoms with van der Waals surface area (Å²) in [5.41, 5.74) is 5.89. The molecule has 0 spiro atoms. The average molecular weight is 257 g/mol. The van der Waals surface area contributed by atoms with Gasteiger partial charge in [0.1, 0.15) is 0 Å². The second-order valence-electron chi connectivity index (χ2n) is 3.10. The molecular weight excluding hydrogens is 247 g/mol. The molecular formula is C11H10Cl2N2O. The first-order valence-corrected chi connectivity index (χ1v) is 5.25. The zero-order chi connectivity index (χ0) is 12.1. The van der Waals surface area contributed by atoms with Gasteiger partial charge in [-0.25, -0.2) is 0 Å². The van der Waals surface area contributed by atoms with Crippen molar-refractivity contribution in [2.45, 2.75) is 12.5 Å². The Morgan fingerprint density at radius 3 is 2.56 bits per heavy atom. The van der Waals surface area contributed by atoms with Crippen LogP contribution in [0.25, 0.3) is 0 Å². The van der Waals surface area contributed by atoms with Crippen LogP contribution in [0.15, 0.2) is 18.2 Å². The number of para-hydroxylation sites is 1. The molecule has 0 heterocycles. The maximum atomic E-state index is 11.6. The Morgan fingerprint density at radius 1 is 1.50 bits per heavy atom. The minimum atomic E-state index is -0.766. The largest absolute Gasteiger partial charge is 0.322 e. The molecule has 0 fully saturated rings. The molecule has 0 aliphatic heterocycles. The molecule has 0 aliphatic rings. The third kappa shape index (κ3) is 3.14. The number of nitrogens with one attached hydrogen (secondary N) is 1. The Bertz CT molecular complexity index is 420. The minimum absolute atomic E-state index is 0.161. The van der Waals surface area contributed by atoms with Gasteiger partial charge in [0, 0.05) is 6.42 Å². The summed E-state index contributed by atoms with van der Waals surface area (Å²) in [6.45, 7) is 0. The highest BCUT2D eigenvalue weighted by Crippen LogP contribution is 2.29. The van der Waals surface area contributed by atoms with E-state index in [0.29, 0.717) is 15.7 Å². The van der Waals surface area contributed by atoms with Gasteiger partial charge in [0.15, 0.2) is 0 Å². The molecule has 0 aliphatic carbocycles. The van der Waals surface area contributed by atoms with Gasteiger partial charge in [-0.3, -0.25) is 4.79 Å². The Balaban J connectivity index is 2.82. The molecule has 0 saturated carbocycles. The van der Waals surface area contributed by atoms with Gasteiger partial charge in [-0.2, -0.15) is 0 Å². The highest BCUT2D eigenvalue weighted by molar-refractivity contribution is 6.39. The maximum absolute atomic E-state index is 11.6. The predicted molar refractivity (Wildman–Crippen MR) is 66.5 cm³/mol.